The van der Waals surface area contributed by atoms with Crippen LogP contribution in [0.4, 0.5) is 5.69 Å². The summed E-state index contributed by atoms with van der Waals surface area (Å²) in [5.41, 5.74) is 1.18. The first-order valence-corrected chi connectivity index (χ1v) is 11.3. The maximum atomic E-state index is 5.55. The van der Waals surface area contributed by atoms with Crippen LogP contribution in [0.15, 0.2) is 29.3 Å². The van der Waals surface area contributed by atoms with Crippen molar-refractivity contribution in [2.24, 2.45) is 10.9 Å². The second-order valence-electron chi connectivity index (χ2n) is 8.72. The minimum atomic E-state index is 0.533. The Morgan fingerprint density at radius 2 is 1.70 bits per heavy atom. The average Bonchev–Trinajstić information content (AvgIpc) is 2.77. The van der Waals surface area contributed by atoms with Gasteiger partial charge in [-0.2, -0.15) is 0 Å². The van der Waals surface area contributed by atoms with Crippen molar-refractivity contribution in [3.63, 3.8) is 0 Å². The Morgan fingerprint density at radius 1 is 1.03 bits per heavy atom. The van der Waals surface area contributed by atoms with Gasteiger partial charge >= 0.3 is 0 Å². The highest BCUT2D eigenvalue weighted by atomic mass is 16.5. The summed E-state index contributed by atoms with van der Waals surface area (Å²) in [6.07, 6.45) is 0. The molecule has 7 nitrogen and oxygen atoms in total. The highest BCUT2D eigenvalue weighted by Crippen LogP contribution is 2.28. The molecule has 2 fully saturated rings. The summed E-state index contributed by atoms with van der Waals surface area (Å²) in [4.78, 5) is 14.4. The first kappa shape index (κ1) is 22.7. The number of guanidine groups is 1. The number of methoxy groups -OCH3 is 1. The van der Waals surface area contributed by atoms with Crippen molar-refractivity contribution in [1.82, 2.24) is 20.0 Å². The molecular weight excluding hydrogens is 376 g/mol. The largest absolute Gasteiger partial charge is 0.495 e. The van der Waals surface area contributed by atoms with Gasteiger partial charge < -0.3 is 24.8 Å². The third kappa shape index (κ3) is 5.58. The monoisotopic (exact) mass is 416 g/mol. The summed E-state index contributed by atoms with van der Waals surface area (Å²) < 4.78 is 5.55. The number of hydrogen-bond acceptors (Lipinski definition) is 5. The Balaban J connectivity index is 1.54. The molecule has 7 heteroatoms. The van der Waals surface area contributed by atoms with E-state index in [1.807, 2.05) is 19.2 Å². The second kappa shape index (κ2) is 10.9. The summed E-state index contributed by atoms with van der Waals surface area (Å²) in [5.74, 6) is 2.58. The van der Waals surface area contributed by atoms with E-state index in [1.165, 1.54) is 5.69 Å². The Morgan fingerprint density at radius 3 is 2.30 bits per heavy atom. The van der Waals surface area contributed by atoms with Crippen molar-refractivity contribution in [1.29, 1.82) is 0 Å². The molecule has 0 amide bonds. The molecule has 1 atom stereocenters. The molecule has 2 saturated heterocycles. The molecule has 0 radical (unpaired) electrons. The zero-order valence-corrected chi connectivity index (χ0v) is 19.5. The number of hydrogen-bond donors (Lipinski definition) is 1. The fourth-order valence-electron chi connectivity index (χ4n) is 4.52. The van der Waals surface area contributed by atoms with Crippen LogP contribution in [-0.2, 0) is 0 Å². The molecule has 0 aromatic heterocycles. The van der Waals surface area contributed by atoms with Crippen molar-refractivity contribution in [2.75, 3.05) is 85.0 Å². The number of benzene rings is 1. The molecule has 1 aromatic carbocycles. The van der Waals surface area contributed by atoms with Crippen molar-refractivity contribution in [3.8, 4) is 5.75 Å². The van der Waals surface area contributed by atoms with Gasteiger partial charge in [-0.3, -0.25) is 9.89 Å². The molecule has 1 aromatic rings. The summed E-state index contributed by atoms with van der Waals surface area (Å²) in [6, 6.07) is 8.81. The first-order chi connectivity index (χ1) is 14.5. The van der Waals surface area contributed by atoms with Crippen LogP contribution < -0.4 is 15.0 Å². The van der Waals surface area contributed by atoms with E-state index in [9.17, 15) is 0 Å². The quantitative estimate of drug-likeness (QED) is 0.562. The Hall–Kier alpha value is -1.99. The lowest BCUT2D eigenvalue weighted by atomic mass is 10.0. The summed E-state index contributed by atoms with van der Waals surface area (Å²) in [6.45, 7) is 14.1. The topological polar surface area (TPSA) is 46.6 Å². The van der Waals surface area contributed by atoms with Gasteiger partial charge in [-0.25, -0.2) is 0 Å². The standard InChI is InChI=1S/C23H40N6O/c1-19(2)21(28-12-10-26(4)11-13-28)18-25-23(24-3)29-16-14-27(15-17-29)20-8-6-7-9-22(20)30-5/h6-9,19,21H,10-18H2,1-5H3,(H,24,25). The van der Waals surface area contributed by atoms with Gasteiger partial charge in [0.15, 0.2) is 5.96 Å². The normalized spacial score (nSPS) is 20.5. The average molecular weight is 417 g/mol. The number of nitrogens with zero attached hydrogens (tertiary/aromatic N) is 5. The zero-order valence-electron chi connectivity index (χ0n) is 19.5. The van der Waals surface area contributed by atoms with Crippen molar-refractivity contribution >= 4 is 11.6 Å². The highest BCUT2D eigenvalue weighted by Gasteiger charge is 2.27. The second-order valence-corrected chi connectivity index (χ2v) is 8.72. The van der Waals surface area contributed by atoms with Crippen LogP contribution in [0.1, 0.15) is 13.8 Å². The highest BCUT2D eigenvalue weighted by molar-refractivity contribution is 5.80. The minimum Gasteiger partial charge on any atom is -0.495 e. The molecular formula is C23H40N6O. The van der Waals surface area contributed by atoms with E-state index < -0.39 is 0 Å². The maximum absolute atomic E-state index is 5.55. The Kier molecular flexibility index (Phi) is 8.22. The molecule has 2 heterocycles. The smallest absolute Gasteiger partial charge is 0.193 e. The van der Waals surface area contributed by atoms with Gasteiger partial charge in [0, 0.05) is 72.0 Å². The van der Waals surface area contributed by atoms with Crippen molar-refractivity contribution in [2.45, 2.75) is 19.9 Å². The van der Waals surface area contributed by atoms with E-state index in [4.69, 9.17) is 4.74 Å². The van der Waals surface area contributed by atoms with Gasteiger partial charge in [-0.15, -0.1) is 0 Å². The predicted octanol–water partition coefficient (Wildman–Crippen LogP) is 1.66. The van der Waals surface area contributed by atoms with Gasteiger partial charge in [-0.05, 0) is 25.1 Å². The molecule has 3 rings (SSSR count). The predicted molar refractivity (Wildman–Crippen MR) is 126 cm³/mol. The third-order valence-electron chi connectivity index (χ3n) is 6.46. The number of anilines is 1. The molecule has 1 N–H and O–H groups in total. The van der Waals surface area contributed by atoms with Gasteiger partial charge in [-0.1, -0.05) is 26.0 Å². The zero-order chi connectivity index (χ0) is 21.5. The van der Waals surface area contributed by atoms with E-state index in [1.54, 1.807) is 7.11 Å². The van der Waals surface area contributed by atoms with Crippen LogP contribution in [0.25, 0.3) is 0 Å². The van der Waals surface area contributed by atoms with E-state index in [2.05, 4.69) is 62.9 Å². The van der Waals surface area contributed by atoms with Gasteiger partial charge in [0.05, 0.1) is 12.8 Å². The van der Waals surface area contributed by atoms with Gasteiger partial charge in [0.2, 0.25) is 0 Å². The lowest BCUT2D eigenvalue weighted by molar-refractivity contribution is 0.0896. The van der Waals surface area contributed by atoms with Gasteiger partial charge in [0.1, 0.15) is 5.75 Å². The molecule has 2 aliphatic heterocycles. The van der Waals surface area contributed by atoms with E-state index in [0.29, 0.717) is 12.0 Å². The van der Waals surface area contributed by atoms with Crippen LogP contribution in [0.2, 0.25) is 0 Å². The van der Waals surface area contributed by atoms with E-state index in [0.717, 1.165) is 70.6 Å². The molecule has 0 saturated carbocycles. The SMILES string of the molecule is CN=C(NCC(C(C)C)N1CCN(C)CC1)N1CCN(c2ccccc2OC)CC1. The number of para-hydroxylation sites is 2. The molecule has 0 bridgehead atoms. The maximum Gasteiger partial charge on any atom is 0.193 e. The number of piperazine rings is 2. The van der Waals surface area contributed by atoms with Gasteiger partial charge in [0.25, 0.3) is 0 Å². The van der Waals surface area contributed by atoms with Crippen LogP contribution in [0.3, 0.4) is 0 Å². The van der Waals surface area contributed by atoms with Crippen LogP contribution in [0, 0.1) is 5.92 Å². The van der Waals surface area contributed by atoms with Crippen LogP contribution >= 0.6 is 0 Å². The fourth-order valence-corrected chi connectivity index (χ4v) is 4.52. The van der Waals surface area contributed by atoms with Crippen LogP contribution in [0.5, 0.6) is 5.75 Å². The Labute approximate surface area is 182 Å². The molecule has 2 aliphatic rings. The molecule has 0 spiro atoms. The number of ether oxygens (including phenoxy) is 1. The van der Waals surface area contributed by atoms with Crippen LogP contribution in [-0.4, -0.2) is 107 Å². The third-order valence-corrected chi connectivity index (χ3v) is 6.46. The number of likely N-dealkylation sites (N-methyl/N-ethyl adjacent to an activating group) is 1. The fraction of sp³-hybridized carbons (Fsp3) is 0.696. The van der Waals surface area contributed by atoms with E-state index in [-0.39, 0.29) is 0 Å². The lowest BCUT2D eigenvalue weighted by Gasteiger charge is -2.41. The molecule has 0 aliphatic carbocycles. The minimum absolute atomic E-state index is 0.533. The molecule has 30 heavy (non-hydrogen) atoms. The van der Waals surface area contributed by atoms with E-state index >= 15 is 0 Å². The number of rotatable bonds is 6. The number of aliphatic imine (C=N–C) groups is 1. The first-order valence-electron chi connectivity index (χ1n) is 11.3. The number of nitrogens with one attached hydrogen (secondary N) is 1. The molecule has 168 valence electrons. The Bertz CT molecular complexity index is 678. The summed E-state index contributed by atoms with van der Waals surface area (Å²) in [5, 5.41) is 3.68. The summed E-state index contributed by atoms with van der Waals surface area (Å²) in [7, 11) is 5.86. The van der Waals surface area contributed by atoms with Crippen molar-refractivity contribution in [3.05, 3.63) is 24.3 Å². The summed E-state index contributed by atoms with van der Waals surface area (Å²) >= 11 is 0. The van der Waals surface area contributed by atoms with Crippen molar-refractivity contribution < 1.29 is 4.74 Å². The lowest BCUT2D eigenvalue weighted by Crippen LogP contribution is -2.57. The molecule has 1 unspecified atom stereocenters.